The lowest BCUT2D eigenvalue weighted by atomic mass is 9.94. The van der Waals surface area contributed by atoms with Crippen molar-refractivity contribution in [3.05, 3.63) is 58.5 Å². The second-order valence-corrected chi connectivity index (χ2v) is 9.72. The first-order valence-corrected chi connectivity index (χ1v) is 13.2. The van der Waals surface area contributed by atoms with Crippen molar-refractivity contribution in [2.45, 2.75) is 64.8 Å². The zero-order valence-electron chi connectivity index (χ0n) is 20.4. The first kappa shape index (κ1) is 24.4. The third-order valence-corrected chi connectivity index (χ3v) is 7.30. The number of hydrogen-bond acceptors (Lipinski definition) is 5. The molecular formula is C28H34N2O3S. The number of benzene rings is 2. The summed E-state index contributed by atoms with van der Waals surface area (Å²) in [5.41, 5.74) is 3.05. The van der Waals surface area contributed by atoms with Gasteiger partial charge in [-0.15, -0.1) is 0 Å². The van der Waals surface area contributed by atoms with E-state index in [0.29, 0.717) is 17.3 Å². The highest BCUT2D eigenvalue weighted by Gasteiger charge is 2.38. The lowest BCUT2D eigenvalue weighted by Crippen LogP contribution is -2.40. The van der Waals surface area contributed by atoms with Crippen LogP contribution in [-0.2, 0) is 11.2 Å². The zero-order chi connectivity index (χ0) is 23.9. The van der Waals surface area contributed by atoms with E-state index in [0.717, 1.165) is 60.7 Å². The van der Waals surface area contributed by atoms with Gasteiger partial charge in [-0.2, -0.15) is 0 Å². The normalized spacial score (nSPS) is 19.3. The molecule has 180 valence electrons. The van der Waals surface area contributed by atoms with Gasteiger partial charge < -0.3 is 9.47 Å². The van der Waals surface area contributed by atoms with Crippen LogP contribution in [0.1, 0.15) is 63.5 Å². The Bertz CT molecular complexity index is 1070. The van der Waals surface area contributed by atoms with Crippen molar-refractivity contribution in [2.75, 3.05) is 13.7 Å². The van der Waals surface area contributed by atoms with E-state index in [-0.39, 0.29) is 11.9 Å². The summed E-state index contributed by atoms with van der Waals surface area (Å²) in [6, 6.07) is 14.2. The Morgan fingerprint density at radius 3 is 2.62 bits per heavy atom. The third-order valence-electron chi connectivity index (χ3n) is 6.31. The van der Waals surface area contributed by atoms with Crippen molar-refractivity contribution in [3.63, 3.8) is 0 Å². The minimum Gasteiger partial charge on any atom is -0.493 e. The van der Waals surface area contributed by atoms with Crippen molar-refractivity contribution < 1.29 is 14.3 Å². The van der Waals surface area contributed by atoms with Gasteiger partial charge in [0.2, 0.25) is 0 Å². The van der Waals surface area contributed by atoms with Gasteiger partial charge in [-0.05, 0) is 72.8 Å². The van der Waals surface area contributed by atoms with Crippen molar-refractivity contribution in [3.8, 4) is 11.5 Å². The van der Waals surface area contributed by atoms with Crippen LogP contribution in [0, 0.1) is 0 Å². The van der Waals surface area contributed by atoms with Crippen molar-refractivity contribution in [1.29, 1.82) is 0 Å². The lowest BCUT2D eigenvalue weighted by Gasteiger charge is -2.30. The lowest BCUT2D eigenvalue weighted by molar-refractivity contribution is -0.124. The molecule has 0 N–H and O–H groups in total. The van der Waals surface area contributed by atoms with E-state index in [9.17, 15) is 4.79 Å². The van der Waals surface area contributed by atoms with Gasteiger partial charge in [0.1, 0.15) is 0 Å². The maximum absolute atomic E-state index is 13.6. The maximum Gasteiger partial charge on any atom is 0.267 e. The molecular weight excluding hydrogens is 444 g/mol. The van der Waals surface area contributed by atoms with Crippen LogP contribution >= 0.6 is 11.8 Å². The summed E-state index contributed by atoms with van der Waals surface area (Å²) in [6.45, 7) is 4.85. The number of ether oxygens (including phenoxy) is 2. The van der Waals surface area contributed by atoms with Gasteiger partial charge in [0.05, 0.1) is 24.3 Å². The minimum atomic E-state index is 0.0508. The molecule has 0 bridgehead atoms. The molecule has 0 unspecified atom stereocenters. The van der Waals surface area contributed by atoms with Crippen molar-refractivity contribution in [2.24, 2.45) is 4.99 Å². The molecule has 1 saturated heterocycles. The molecule has 1 amide bonds. The van der Waals surface area contributed by atoms with E-state index in [1.54, 1.807) is 7.11 Å². The van der Waals surface area contributed by atoms with Crippen LogP contribution in [0.2, 0.25) is 0 Å². The molecule has 0 atom stereocenters. The highest BCUT2D eigenvalue weighted by molar-refractivity contribution is 8.18. The van der Waals surface area contributed by atoms with E-state index in [4.69, 9.17) is 14.5 Å². The molecule has 0 radical (unpaired) electrons. The Hall–Kier alpha value is -2.73. The Kier molecular flexibility index (Phi) is 8.33. The van der Waals surface area contributed by atoms with Crippen LogP contribution in [0.3, 0.4) is 0 Å². The van der Waals surface area contributed by atoms with Gasteiger partial charge in [0.25, 0.3) is 5.91 Å². The molecule has 2 fully saturated rings. The Morgan fingerprint density at radius 2 is 1.88 bits per heavy atom. The molecule has 2 aromatic rings. The van der Waals surface area contributed by atoms with Crippen LogP contribution in [0.25, 0.3) is 6.08 Å². The van der Waals surface area contributed by atoms with Gasteiger partial charge in [-0.3, -0.25) is 9.69 Å². The minimum absolute atomic E-state index is 0.0508. The summed E-state index contributed by atoms with van der Waals surface area (Å²) < 4.78 is 11.3. The first-order chi connectivity index (χ1) is 16.6. The number of amides is 1. The number of aryl methyl sites for hydroxylation is 1. The fourth-order valence-corrected chi connectivity index (χ4v) is 5.56. The molecule has 34 heavy (non-hydrogen) atoms. The average molecular weight is 479 g/mol. The van der Waals surface area contributed by atoms with Crippen molar-refractivity contribution in [1.82, 2.24) is 4.90 Å². The number of rotatable bonds is 8. The number of amidine groups is 1. The molecule has 6 heteroatoms. The highest BCUT2D eigenvalue weighted by atomic mass is 32.2. The zero-order valence-corrected chi connectivity index (χ0v) is 21.2. The van der Waals surface area contributed by atoms with E-state index >= 15 is 0 Å². The summed E-state index contributed by atoms with van der Waals surface area (Å²) >= 11 is 1.48. The van der Waals surface area contributed by atoms with Gasteiger partial charge in [0, 0.05) is 6.04 Å². The molecule has 0 spiro atoms. The smallest absolute Gasteiger partial charge is 0.267 e. The Labute approximate surface area is 207 Å². The summed E-state index contributed by atoms with van der Waals surface area (Å²) in [5.74, 6) is 1.45. The Balaban J connectivity index is 1.68. The first-order valence-electron chi connectivity index (χ1n) is 12.3. The summed E-state index contributed by atoms with van der Waals surface area (Å²) in [6.07, 6.45) is 9.41. The number of thioether (sulfide) groups is 1. The fraction of sp³-hybridized carbons (Fsp3) is 0.429. The van der Waals surface area contributed by atoms with Crippen molar-refractivity contribution >= 4 is 34.6 Å². The largest absolute Gasteiger partial charge is 0.493 e. The van der Waals surface area contributed by atoms with Crippen LogP contribution < -0.4 is 9.47 Å². The summed E-state index contributed by atoms with van der Waals surface area (Å²) in [5, 5.41) is 0.791. The number of carbonyl (C=O) groups excluding carboxylic acids is 1. The number of methoxy groups -OCH3 is 1. The molecule has 2 aliphatic rings. The van der Waals surface area contributed by atoms with Crippen LogP contribution in [-0.4, -0.2) is 35.7 Å². The number of aliphatic imine (C=N–C) groups is 1. The van der Waals surface area contributed by atoms with Crippen LogP contribution in [0.5, 0.6) is 11.5 Å². The number of nitrogens with zero attached hydrogens (tertiary/aromatic N) is 2. The topological polar surface area (TPSA) is 51.1 Å². The standard InChI is InChI=1S/C28H34N2O3S/c1-4-17-33-24-16-15-20(18-25(24)32-3)19-26-27(31)30(22-12-7-6-8-13-22)28(34-26)29-23-14-10-9-11-21(23)5-2/h9-11,14-16,18-19,22H,4-8,12-13,17H2,1-3H3/b26-19+,29-28?. The molecule has 4 rings (SSSR count). The van der Waals surface area contributed by atoms with E-state index < -0.39 is 0 Å². The second kappa shape index (κ2) is 11.6. The van der Waals surface area contributed by atoms with Crippen LogP contribution in [0.4, 0.5) is 5.69 Å². The number of hydrogen-bond donors (Lipinski definition) is 0. The van der Waals surface area contributed by atoms with E-state index in [2.05, 4.69) is 19.9 Å². The number of carbonyl (C=O) groups is 1. The predicted octanol–water partition coefficient (Wildman–Crippen LogP) is 6.98. The van der Waals surface area contributed by atoms with Gasteiger partial charge in [-0.25, -0.2) is 4.99 Å². The number of para-hydroxylation sites is 1. The highest BCUT2D eigenvalue weighted by Crippen LogP contribution is 2.39. The molecule has 1 heterocycles. The van der Waals surface area contributed by atoms with Gasteiger partial charge in [-0.1, -0.05) is 57.4 Å². The molecule has 2 aromatic carbocycles. The fourth-order valence-electron chi connectivity index (χ4n) is 4.50. The average Bonchev–Trinajstić information content (AvgIpc) is 3.18. The van der Waals surface area contributed by atoms with Crippen LogP contribution in [0.15, 0.2) is 52.4 Å². The molecule has 1 aliphatic heterocycles. The SMILES string of the molecule is CCCOc1ccc(/C=C2/SC(=Nc3ccccc3CC)N(C3CCCCC3)C2=O)cc1OC. The predicted molar refractivity (Wildman–Crippen MR) is 141 cm³/mol. The summed E-state index contributed by atoms with van der Waals surface area (Å²) in [4.78, 5) is 21.3. The second-order valence-electron chi connectivity index (χ2n) is 8.71. The van der Waals surface area contributed by atoms with E-state index in [1.165, 1.54) is 23.7 Å². The summed E-state index contributed by atoms with van der Waals surface area (Å²) in [7, 11) is 1.64. The Morgan fingerprint density at radius 1 is 1.09 bits per heavy atom. The molecule has 5 nitrogen and oxygen atoms in total. The van der Waals surface area contributed by atoms with Gasteiger partial charge >= 0.3 is 0 Å². The molecule has 1 aliphatic carbocycles. The molecule has 1 saturated carbocycles. The van der Waals surface area contributed by atoms with E-state index in [1.807, 2.05) is 47.4 Å². The quantitative estimate of drug-likeness (QED) is 0.384. The monoisotopic (exact) mass is 478 g/mol. The molecule has 0 aromatic heterocycles. The third kappa shape index (κ3) is 5.49. The van der Waals surface area contributed by atoms with Gasteiger partial charge in [0.15, 0.2) is 16.7 Å². The maximum atomic E-state index is 13.6.